The van der Waals surface area contributed by atoms with Crippen LogP contribution in [0.25, 0.3) is 0 Å². The summed E-state index contributed by atoms with van der Waals surface area (Å²) >= 11 is 0. The van der Waals surface area contributed by atoms with Crippen LogP contribution in [0, 0.1) is 5.92 Å². The van der Waals surface area contributed by atoms with E-state index in [-0.39, 0.29) is 0 Å². The van der Waals surface area contributed by atoms with E-state index in [0.717, 1.165) is 18.0 Å². The van der Waals surface area contributed by atoms with Crippen LogP contribution in [-0.2, 0) is 0 Å². The lowest BCUT2D eigenvalue weighted by Crippen LogP contribution is -2.40. The molecule has 3 aliphatic rings. The van der Waals surface area contributed by atoms with Crippen molar-refractivity contribution in [3.05, 3.63) is 12.2 Å². The minimum atomic E-state index is 0.827. The number of rotatable bonds is 1. The summed E-state index contributed by atoms with van der Waals surface area (Å²) in [4.78, 5) is 2.78. The minimum absolute atomic E-state index is 0.827. The molecule has 2 aliphatic carbocycles. The van der Waals surface area contributed by atoms with Crippen LogP contribution in [0.3, 0.4) is 0 Å². The van der Waals surface area contributed by atoms with Gasteiger partial charge in [0, 0.05) is 18.6 Å². The van der Waals surface area contributed by atoms with Gasteiger partial charge in [0.05, 0.1) is 0 Å². The maximum Gasteiger partial charge on any atom is 0.0287 e. The first-order chi connectivity index (χ1) is 6.43. The molecule has 0 aromatic rings. The van der Waals surface area contributed by atoms with Gasteiger partial charge in [-0.05, 0) is 25.2 Å². The molecule has 72 valence electrons. The number of hydrogen-bond donors (Lipinski definition) is 0. The third-order valence-electron chi connectivity index (χ3n) is 4.06. The van der Waals surface area contributed by atoms with Gasteiger partial charge in [-0.25, -0.2) is 0 Å². The largest absolute Gasteiger partial charge is 0.293 e. The molecule has 1 heteroatoms. The Morgan fingerprint density at radius 3 is 2.46 bits per heavy atom. The van der Waals surface area contributed by atoms with E-state index in [2.05, 4.69) is 17.1 Å². The van der Waals surface area contributed by atoms with Crippen molar-refractivity contribution >= 4 is 0 Å². The van der Waals surface area contributed by atoms with Gasteiger partial charge in [-0.15, -0.1) is 0 Å². The molecule has 2 atom stereocenters. The highest BCUT2D eigenvalue weighted by molar-refractivity contribution is 5.13. The van der Waals surface area contributed by atoms with Crippen molar-refractivity contribution in [2.75, 3.05) is 6.54 Å². The quantitative estimate of drug-likeness (QED) is 0.556. The monoisotopic (exact) mass is 177 g/mol. The smallest absolute Gasteiger partial charge is 0.0287 e. The van der Waals surface area contributed by atoms with Gasteiger partial charge < -0.3 is 0 Å². The molecule has 0 aromatic carbocycles. The van der Waals surface area contributed by atoms with Gasteiger partial charge in [-0.2, -0.15) is 0 Å². The van der Waals surface area contributed by atoms with E-state index in [9.17, 15) is 0 Å². The van der Waals surface area contributed by atoms with Crippen molar-refractivity contribution in [3.63, 3.8) is 0 Å². The molecule has 2 bridgehead atoms. The van der Waals surface area contributed by atoms with E-state index < -0.39 is 0 Å². The fraction of sp³-hybridized carbons (Fsp3) is 0.833. The van der Waals surface area contributed by atoms with E-state index in [1.54, 1.807) is 0 Å². The third-order valence-corrected chi connectivity index (χ3v) is 4.06. The summed E-state index contributed by atoms with van der Waals surface area (Å²) in [6.45, 7) is 1.37. The van der Waals surface area contributed by atoms with Crippen molar-refractivity contribution in [2.45, 2.75) is 50.6 Å². The average molecular weight is 177 g/mol. The zero-order valence-electron chi connectivity index (χ0n) is 8.28. The van der Waals surface area contributed by atoms with Gasteiger partial charge in [0.15, 0.2) is 0 Å². The predicted molar refractivity (Wildman–Crippen MR) is 54.6 cm³/mol. The number of fused-ring (bicyclic) bond motifs is 2. The first-order valence-corrected chi connectivity index (χ1v) is 5.87. The highest BCUT2D eigenvalue weighted by Crippen LogP contribution is 2.36. The predicted octanol–water partition coefficient (Wildman–Crippen LogP) is 2.58. The van der Waals surface area contributed by atoms with E-state index in [1.807, 2.05) is 0 Å². The van der Waals surface area contributed by atoms with Crippen molar-refractivity contribution in [3.8, 4) is 0 Å². The lowest BCUT2D eigenvalue weighted by atomic mass is 9.93. The molecule has 1 aliphatic heterocycles. The van der Waals surface area contributed by atoms with E-state index >= 15 is 0 Å². The highest BCUT2D eigenvalue weighted by atomic mass is 15.2. The van der Waals surface area contributed by atoms with Crippen molar-refractivity contribution in [1.29, 1.82) is 0 Å². The van der Waals surface area contributed by atoms with Crippen molar-refractivity contribution in [1.82, 2.24) is 4.90 Å². The summed E-state index contributed by atoms with van der Waals surface area (Å²) in [5.41, 5.74) is 0. The van der Waals surface area contributed by atoms with Crippen LogP contribution in [0.15, 0.2) is 12.2 Å². The highest BCUT2D eigenvalue weighted by Gasteiger charge is 2.37. The molecule has 3 rings (SSSR count). The van der Waals surface area contributed by atoms with Crippen LogP contribution < -0.4 is 0 Å². The minimum Gasteiger partial charge on any atom is -0.293 e. The van der Waals surface area contributed by atoms with Crippen LogP contribution in [0.4, 0.5) is 0 Å². The molecule has 1 nitrogen and oxygen atoms in total. The molecule has 0 radical (unpaired) electrons. The Bertz CT molecular complexity index is 215. The Balaban J connectivity index is 1.68. The normalized spacial score (nSPS) is 40.3. The first kappa shape index (κ1) is 8.05. The average Bonchev–Trinajstić information content (AvgIpc) is 2.80. The summed E-state index contributed by atoms with van der Waals surface area (Å²) in [6.07, 6.45) is 13.7. The van der Waals surface area contributed by atoms with Gasteiger partial charge in [-0.1, -0.05) is 31.4 Å². The SMILES string of the molecule is C1=CC2CC1CN2C1CCCCC1. The second kappa shape index (κ2) is 3.13. The van der Waals surface area contributed by atoms with Crippen LogP contribution >= 0.6 is 0 Å². The lowest BCUT2D eigenvalue weighted by Gasteiger charge is -2.35. The molecule has 0 aromatic heterocycles. The molecule has 2 unspecified atom stereocenters. The van der Waals surface area contributed by atoms with E-state index in [4.69, 9.17) is 0 Å². The summed E-state index contributed by atoms with van der Waals surface area (Å²) in [7, 11) is 0. The Morgan fingerprint density at radius 2 is 1.85 bits per heavy atom. The number of likely N-dealkylation sites (tertiary alicyclic amines) is 1. The van der Waals surface area contributed by atoms with E-state index in [0.29, 0.717) is 0 Å². The Kier molecular flexibility index (Phi) is 1.93. The summed E-state index contributed by atoms with van der Waals surface area (Å²) in [5, 5.41) is 0. The van der Waals surface area contributed by atoms with Gasteiger partial charge in [0.1, 0.15) is 0 Å². The van der Waals surface area contributed by atoms with Gasteiger partial charge in [-0.3, -0.25) is 4.90 Å². The Labute approximate surface area is 80.8 Å². The third kappa shape index (κ3) is 1.34. The maximum atomic E-state index is 2.78. The molecular weight excluding hydrogens is 158 g/mol. The van der Waals surface area contributed by atoms with Crippen LogP contribution in [0.5, 0.6) is 0 Å². The summed E-state index contributed by atoms with van der Waals surface area (Å²) in [6, 6.07) is 1.77. The molecule has 13 heavy (non-hydrogen) atoms. The number of nitrogens with zero attached hydrogens (tertiary/aromatic N) is 1. The molecular formula is C12H19N. The number of hydrogen-bond acceptors (Lipinski definition) is 1. The van der Waals surface area contributed by atoms with Crippen LogP contribution in [-0.4, -0.2) is 23.5 Å². The van der Waals surface area contributed by atoms with Crippen LogP contribution in [0.1, 0.15) is 38.5 Å². The Morgan fingerprint density at radius 1 is 1.00 bits per heavy atom. The molecule has 1 heterocycles. The fourth-order valence-electron chi connectivity index (χ4n) is 3.37. The fourth-order valence-corrected chi connectivity index (χ4v) is 3.37. The molecule has 0 N–H and O–H groups in total. The lowest BCUT2D eigenvalue weighted by molar-refractivity contribution is 0.156. The van der Waals surface area contributed by atoms with Gasteiger partial charge >= 0.3 is 0 Å². The standard InChI is InChI=1S/C12H19N/c1-2-4-11(5-3-1)13-9-10-6-7-12(13)8-10/h6-7,10-12H,1-5,8-9H2. The molecule has 0 amide bonds. The van der Waals surface area contributed by atoms with Crippen LogP contribution in [0.2, 0.25) is 0 Å². The zero-order valence-corrected chi connectivity index (χ0v) is 8.28. The molecule has 1 saturated carbocycles. The zero-order chi connectivity index (χ0) is 8.67. The van der Waals surface area contributed by atoms with Crippen molar-refractivity contribution in [2.24, 2.45) is 5.92 Å². The van der Waals surface area contributed by atoms with Gasteiger partial charge in [0.2, 0.25) is 0 Å². The molecule has 0 spiro atoms. The second-order valence-corrected chi connectivity index (χ2v) is 4.94. The maximum absolute atomic E-state index is 2.78. The Hall–Kier alpha value is -0.300. The second-order valence-electron chi connectivity index (χ2n) is 4.94. The van der Waals surface area contributed by atoms with Crippen molar-refractivity contribution < 1.29 is 0 Å². The van der Waals surface area contributed by atoms with E-state index in [1.165, 1.54) is 45.1 Å². The topological polar surface area (TPSA) is 3.24 Å². The van der Waals surface area contributed by atoms with Gasteiger partial charge in [0.25, 0.3) is 0 Å². The first-order valence-electron chi connectivity index (χ1n) is 5.87. The molecule has 1 saturated heterocycles. The summed E-state index contributed by atoms with van der Waals surface area (Å²) < 4.78 is 0. The molecule has 2 fully saturated rings. The summed E-state index contributed by atoms with van der Waals surface area (Å²) in [5.74, 6) is 0.909.